The summed E-state index contributed by atoms with van der Waals surface area (Å²) in [7, 11) is 1.62. The number of nitrogens with zero attached hydrogens (tertiary/aromatic N) is 2. The van der Waals surface area contributed by atoms with Crippen LogP contribution in [0.1, 0.15) is 25.8 Å². The molecule has 1 heterocycles. The number of hydrogen-bond donors (Lipinski definition) is 1. The van der Waals surface area contributed by atoms with Gasteiger partial charge in [-0.3, -0.25) is 0 Å². The first kappa shape index (κ1) is 14.0. The highest BCUT2D eigenvalue weighted by molar-refractivity contribution is 9.10. The molecule has 0 saturated carbocycles. The molecule has 2 rings (SSSR count). The van der Waals surface area contributed by atoms with E-state index in [1.165, 1.54) is 0 Å². The van der Waals surface area contributed by atoms with Gasteiger partial charge >= 0.3 is 0 Å². The Kier molecular flexibility index (Phi) is 4.21. The molecule has 19 heavy (non-hydrogen) atoms. The normalized spacial score (nSPS) is 12.9. The van der Waals surface area contributed by atoms with Gasteiger partial charge in [0.05, 0.1) is 4.47 Å². The quantitative estimate of drug-likeness (QED) is 0.930. The van der Waals surface area contributed by atoms with Crippen LogP contribution in [0, 0.1) is 5.92 Å². The van der Waals surface area contributed by atoms with Crippen LogP contribution in [-0.2, 0) is 4.74 Å². The molecule has 0 aliphatic rings. The summed E-state index contributed by atoms with van der Waals surface area (Å²) in [5.74, 6) is 1.24. The Bertz CT molecular complexity index is 569. The Morgan fingerprint density at radius 2 is 2.11 bits per heavy atom. The van der Waals surface area contributed by atoms with E-state index in [1.54, 1.807) is 25.3 Å². The topological polar surface area (TPSA) is 68.4 Å². The first-order chi connectivity index (χ1) is 9.02. The van der Waals surface area contributed by atoms with Crippen molar-refractivity contribution >= 4 is 15.9 Å². The number of phenolic OH excluding ortho intramolecular Hbond substituents is 1. The number of ether oxygens (including phenoxy) is 1. The van der Waals surface area contributed by atoms with Gasteiger partial charge in [0.2, 0.25) is 5.82 Å². The highest BCUT2D eigenvalue weighted by atomic mass is 79.9. The van der Waals surface area contributed by atoms with E-state index in [4.69, 9.17) is 9.26 Å². The monoisotopic (exact) mass is 326 g/mol. The van der Waals surface area contributed by atoms with Gasteiger partial charge in [-0.05, 0) is 40.0 Å². The smallest absolute Gasteiger partial charge is 0.258 e. The van der Waals surface area contributed by atoms with Gasteiger partial charge in [-0.25, -0.2) is 0 Å². The predicted octanol–water partition coefficient (Wildman–Crippen LogP) is 3.55. The molecule has 0 bridgehead atoms. The molecule has 0 aliphatic heterocycles. The summed E-state index contributed by atoms with van der Waals surface area (Å²) in [6, 6.07) is 5.08. The van der Waals surface area contributed by atoms with Crippen LogP contribution in [0.3, 0.4) is 0 Å². The van der Waals surface area contributed by atoms with E-state index in [0.717, 1.165) is 0 Å². The first-order valence-corrected chi connectivity index (χ1v) is 6.67. The highest BCUT2D eigenvalue weighted by Crippen LogP contribution is 2.30. The van der Waals surface area contributed by atoms with Crippen LogP contribution in [0.4, 0.5) is 0 Å². The molecule has 0 fully saturated rings. The third-order valence-corrected chi connectivity index (χ3v) is 3.42. The second kappa shape index (κ2) is 5.71. The molecule has 0 spiro atoms. The molecule has 2 aromatic rings. The zero-order chi connectivity index (χ0) is 14.0. The van der Waals surface area contributed by atoms with Crippen molar-refractivity contribution in [3.05, 3.63) is 28.5 Å². The third-order valence-electron chi connectivity index (χ3n) is 2.75. The number of methoxy groups -OCH3 is 1. The van der Waals surface area contributed by atoms with Crippen LogP contribution >= 0.6 is 15.9 Å². The SMILES string of the molecule is COC(c1noc(-c2ccc(Br)c(O)c2)n1)C(C)C. The van der Waals surface area contributed by atoms with Gasteiger partial charge in [-0.1, -0.05) is 19.0 Å². The Balaban J connectivity index is 2.32. The lowest BCUT2D eigenvalue weighted by Gasteiger charge is -2.14. The molecule has 102 valence electrons. The lowest BCUT2D eigenvalue weighted by Crippen LogP contribution is -2.10. The zero-order valence-electron chi connectivity index (χ0n) is 10.9. The van der Waals surface area contributed by atoms with E-state index >= 15 is 0 Å². The minimum Gasteiger partial charge on any atom is -0.507 e. The van der Waals surface area contributed by atoms with Gasteiger partial charge < -0.3 is 14.4 Å². The summed E-state index contributed by atoms with van der Waals surface area (Å²) < 4.78 is 11.2. The summed E-state index contributed by atoms with van der Waals surface area (Å²) in [5.41, 5.74) is 0.665. The van der Waals surface area contributed by atoms with Gasteiger partial charge in [0.1, 0.15) is 11.9 Å². The van der Waals surface area contributed by atoms with Crippen molar-refractivity contribution in [2.75, 3.05) is 7.11 Å². The largest absolute Gasteiger partial charge is 0.507 e. The number of aromatic nitrogens is 2. The maximum atomic E-state index is 9.65. The molecule has 1 aromatic heterocycles. The van der Waals surface area contributed by atoms with E-state index in [1.807, 2.05) is 13.8 Å². The van der Waals surface area contributed by atoms with Crippen LogP contribution < -0.4 is 0 Å². The fraction of sp³-hybridized carbons (Fsp3) is 0.385. The number of phenols is 1. The van der Waals surface area contributed by atoms with Crippen molar-refractivity contribution in [1.29, 1.82) is 0 Å². The van der Waals surface area contributed by atoms with Crippen molar-refractivity contribution in [3.8, 4) is 17.2 Å². The molecule has 0 saturated heterocycles. The number of halogens is 1. The number of rotatable bonds is 4. The minimum atomic E-state index is -0.207. The lowest BCUT2D eigenvalue weighted by molar-refractivity contribution is 0.0556. The van der Waals surface area contributed by atoms with Gasteiger partial charge in [-0.2, -0.15) is 4.98 Å². The van der Waals surface area contributed by atoms with Crippen LogP contribution in [-0.4, -0.2) is 22.4 Å². The average Bonchev–Trinajstić information content (AvgIpc) is 2.82. The Hall–Kier alpha value is -1.40. The number of hydrogen-bond acceptors (Lipinski definition) is 5. The summed E-state index contributed by atoms with van der Waals surface area (Å²) in [5, 5.41) is 13.6. The lowest BCUT2D eigenvalue weighted by atomic mass is 10.1. The summed E-state index contributed by atoms with van der Waals surface area (Å²) in [6.45, 7) is 4.05. The van der Waals surface area contributed by atoms with Crippen molar-refractivity contribution in [2.45, 2.75) is 20.0 Å². The van der Waals surface area contributed by atoms with Crippen molar-refractivity contribution < 1.29 is 14.4 Å². The number of aromatic hydroxyl groups is 1. The van der Waals surface area contributed by atoms with Gasteiger partial charge in [-0.15, -0.1) is 0 Å². The number of benzene rings is 1. The van der Waals surface area contributed by atoms with E-state index in [0.29, 0.717) is 21.8 Å². The van der Waals surface area contributed by atoms with Crippen LogP contribution in [0.5, 0.6) is 5.75 Å². The van der Waals surface area contributed by atoms with Crippen LogP contribution in [0.2, 0.25) is 0 Å². The molecular formula is C13H15BrN2O3. The van der Waals surface area contributed by atoms with Crippen molar-refractivity contribution in [3.63, 3.8) is 0 Å². The predicted molar refractivity (Wildman–Crippen MR) is 73.7 cm³/mol. The van der Waals surface area contributed by atoms with Gasteiger partial charge in [0.25, 0.3) is 5.89 Å². The molecule has 5 nitrogen and oxygen atoms in total. The highest BCUT2D eigenvalue weighted by Gasteiger charge is 2.22. The minimum absolute atomic E-state index is 0.129. The Labute approximate surface area is 119 Å². The average molecular weight is 327 g/mol. The molecule has 1 aromatic carbocycles. The van der Waals surface area contributed by atoms with E-state index in [9.17, 15) is 5.11 Å². The molecule has 0 amide bonds. The molecule has 1 N–H and O–H groups in total. The fourth-order valence-electron chi connectivity index (χ4n) is 1.79. The van der Waals surface area contributed by atoms with E-state index in [-0.39, 0.29) is 17.8 Å². The van der Waals surface area contributed by atoms with Gasteiger partial charge in [0, 0.05) is 12.7 Å². The van der Waals surface area contributed by atoms with Crippen molar-refractivity contribution in [1.82, 2.24) is 10.1 Å². The molecule has 1 atom stereocenters. The second-order valence-corrected chi connectivity index (χ2v) is 5.38. The van der Waals surface area contributed by atoms with E-state index < -0.39 is 0 Å². The Morgan fingerprint density at radius 1 is 1.37 bits per heavy atom. The fourth-order valence-corrected chi connectivity index (χ4v) is 2.04. The molecular weight excluding hydrogens is 312 g/mol. The summed E-state index contributed by atoms with van der Waals surface area (Å²) in [4.78, 5) is 4.31. The molecule has 0 aliphatic carbocycles. The maximum absolute atomic E-state index is 9.65. The van der Waals surface area contributed by atoms with Gasteiger partial charge in [0.15, 0.2) is 0 Å². The maximum Gasteiger partial charge on any atom is 0.258 e. The molecule has 6 heteroatoms. The molecule has 1 unspecified atom stereocenters. The summed E-state index contributed by atoms with van der Waals surface area (Å²) in [6.07, 6.45) is -0.207. The second-order valence-electron chi connectivity index (χ2n) is 4.52. The standard InChI is InChI=1S/C13H15BrN2O3/c1-7(2)11(18-3)12-15-13(19-16-12)8-4-5-9(14)10(17)6-8/h4-7,11,17H,1-3H3. The zero-order valence-corrected chi connectivity index (χ0v) is 12.5. The molecule has 0 radical (unpaired) electrons. The van der Waals surface area contributed by atoms with Crippen molar-refractivity contribution in [2.24, 2.45) is 5.92 Å². The van der Waals surface area contributed by atoms with Crippen LogP contribution in [0.15, 0.2) is 27.2 Å². The summed E-state index contributed by atoms with van der Waals surface area (Å²) >= 11 is 3.22. The Morgan fingerprint density at radius 3 is 2.68 bits per heavy atom. The third kappa shape index (κ3) is 2.96. The first-order valence-electron chi connectivity index (χ1n) is 5.88. The van der Waals surface area contributed by atoms with Crippen LogP contribution in [0.25, 0.3) is 11.5 Å². The van der Waals surface area contributed by atoms with E-state index in [2.05, 4.69) is 26.1 Å².